The SMILES string of the molecule is C=CC(=O)OC(COc1cccc(-c2ccccc2)c1)COc1ccccc1-c1ccccc1OCC(COc1cccc(-c2ccccc2)c1)OC(=O)C=C. The van der Waals surface area contributed by atoms with Crippen LogP contribution in [0.5, 0.6) is 23.0 Å². The van der Waals surface area contributed by atoms with Crippen molar-refractivity contribution in [1.29, 1.82) is 0 Å². The lowest BCUT2D eigenvalue weighted by Crippen LogP contribution is -2.31. The van der Waals surface area contributed by atoms with Gasteiger partial charge in [0.2, 0.25) is 0 Å². The summed E-state index contributed by atoms with van der Waals surface area (Å²) in [6.07, 6.45) is 0.705. The van der Waals surface area contributed by atoms with Gasteiger partial charge in [0.1, 0.15) is 49.4 Å². The average molecular weight is 747 g/mol. The third-order valence-electron chi connectivity index (χ3n) is 8.57. The number of carbonyl (C=O) groups excluding carboxylic acids is 2. The molecule has 2 unspecified atom stereocenters. The molecule has 6 aromatic carbocycles. The highest BCUT2D eigenvalue weighted by Gasteiger charge is 2.20. The van der Waals surface area contributed by atoms with E-state index in [0.717, 1.165) is 45.5 Å². The average Bonchev–Trinajstić information content (AvgIpc) is 3.26. The molecule has 56 heavy (non-hydrogen) atoms. The van der Waals surface area contributed by atoms with Crippen molar-refractivity contribution >= 4 is 11.9 Å². The zero-order chi connectivity index (χ0) is 39.0. The molecule has 6 rings (SSSR count). The van der Waals surface area contributed by atoms with E-state index in [-0.39, 0.29) is 26.4 Å². The molecule has 8 nitrogen and oxygen atoms in total. The standard InChI is InChI=1S/C48H42O8/c1-3-47(49)55-41(31-51-39-23-15-21-37(29-39)35-17-7-5-8-18-35)33-53-45-27-13-11-25-43(45)44-26-12-14-28-46(44)54-34-42(56-48(50)4-2)32-52-40-24-16-22-38(30-40)36-19-9-6-10-20-36/h3-30,41-42H,1-2,31-34H2. The van der Waals surface area contributed by atoms with Gasteiger partial charge in [0.15, 0.2) is 12.2 Å². The molecule has 6 aromatic rings. The van der Waals surface area contributed by atoms with Crippen LogP contribution in [0, 0.1) is 0 Å². The summed E-state index contributed by atoms with van der Waals surface area (Å²) in [5, 5.41) is 0. The summed E-state index contributed by atoms with van der Waals surface area (Å²) in [6, 6.07) is 50.4. The van der Waals surface area contributed by atoms with Crippen LogP contribution < -0.4 is 18.9 Å². The Kier molecular flexibility index (Phi) is 13.7. The molecule has 0 aromatic heterocycles. The van der Waals surface area contributed by atoms with E-state index in [1.54, 1.807) is 0 Å². The van der Waals surface area contributed by atoms with E-state index in [2.05, 4.69) is 13.2 Å². The number of ether oxygens (including phenoxy) is 6. The minimum Gasteiger partial charge on any atom is -0.490 e. The molecule has 0 radical (unpaired) electrons. The molecule has 0 amide bonds. The minimum absolute atomic E-state index is 0.000381. The van der Waals surface area contributed by atoms with Gasteiger partial charge < -0.3 is 28.4 Å². The highest BCUT2D eigenvalue weighted by molar-refractivity contribution is 5.82. The van der Waals surface area contributed by atoms with E-state index >= 15 is 0 Å². The van der Waals surface area contributed by atoms with E-state index in [9.17, 15) is 9.59 Å². The van der Waals surface area contributed by atoms with Crippen molar-refractivity contribution in [3.05, 3.63) is 183 Å². The molecule has 0 aliphatic rings. The van der Waals surface area contributed by atoms with Gasteiger partial charge in [-0.3, -0.25) is 0 Å². The zero-order valence-corrected chi connectivity index (χ0v) is 30.8. The fourth-order valence-electron chi connectivity index (χ4n) is 5.82. The summed E-state index contributed by atoms with van der Waals surface area (Å²) in [6.45, 7) is 7.17. The summed E-state index contributed by atoms with van der Waals surface area (Å²) in [5.74, 6) is 1.14. The summed E-state index contributed by atoms with van der Waals surface area (Å²) < 4.78 is 36.1. The third kappa shape index (κ3) is 11.0. The van der Waals surface area contributed by atoms with Gasteiger partial charge >= 0.3 is 11.9 Å². The van der Waals surface area contributed by atoms with Gasteiger partial charge in [-0.15, -0.1) is 0 Å². The van der Waals surface area contributed by atoms with Gasteiger partial charge in [0.05, 0.1) is 0 Å². The Bertz CT molecular complexity index is 2060. The molecule has 0 heterocycles. The van der Waals surface area contributed by atoms with Crippen molar-refractivity contribution in [2.45, 2.75) is 12.2 Å². The van der Waals surface area contributed by atoms with Gasteiger partial charge in [-0.05, 0) is 58.7 Å². The van der Waals surface area contributed by atoms with Crippen LogP contribution >= 0.6 is 0 Å². The predicted molar refractivity (Wildman–Crippen MR) is 218 cm³/mol. The van der Waals surface area contributed by atoms with E-state index in [1.807, 2.05) is 158 Å². The maximum atomic E-state index is 12.3. The van der Waals surface area contributed by atoms with Crippen LogP contribution in [0.4, 0.5) is 0 Å². The molecule has 0 fully saturated rings. The lowest BCUT2D eigenvalue weighted by atomic mass is 10.0. The van der Waals surface area contributed by atoms with Crippen LogP contribution in [0.15, 0.2) is 183 Å². The highest BCUT2D eigenvalue weighted by atomic mass is 16.6. The fourth-order valence-corrected chi connectivity index (χ4v) is 5.82. The van der Waals surface area contributed by atoms with Gasteiger partial charge in [-0.1, -0.05) is 134 Å². The number of hydrogen-bond acceptors (Lipinski definition) is 8. The molecule has 0 N–H and O–H groups in total. The molecule has 8 heteroatoms. The lowest BCUT2D eigenvalue weighted by molar-refractivity contribution is -0.147. The molecule has 0 bridgehead atoms. The molecule has 0 saturated carbocycles. The largest absolute Gasteiger partial charge is 0.490 e. The van der Waals surface area contributed by atoms with Crippen molar-refractivity contribution < 1.29 is 38.0 Å². The number of para-hydroxylation sites is 2. The molecule has 0 aliphatic heterocycles. The Hall–Kier alpha value is -7.06. The Labute approximate surface area is 327 Å². The van der Waals surface area contributed by atoms with Crippen molar-refractivity contribution in [3.63, 3.8) is 0 Å². The minimum atomic E-state index is -0.755. The van der Waals surface area contributed by atoms with Gasteiger partial charge in [-0.25, -0.2) is 9.59 Å². The van der Waals surface area contributed by atoms with E-state index in [1.165, 1.54) is 0 Å². The number of benzene rings is 6. The second kappa shape index (κ2) is 19.9. The summed E-state index contributed by atoms with van der Waals surface area (Å²) in [5.41, 5.74) is 5.59. The van der Waals surface area contributed by atoms with Gasteiger partial charge in [0, 0.05) is 23.3 Å². The quantitative estimate of drug-likeness (QED) is 0.0598. The molecule has 0 aliphatic carbocycles. The smallest absolute Gasteiger partial charge is 0.330 e. The number of rotatable bonds is 19. The molecular weight excluding hydrogens is 705 g/mol. The summed E-state index contributed by atoms with van der Waals surface area (Å²) >= 11 is 0. The van der Waals surface area contributed by atoms with Crippen LogP contribution in [-0.2, 0) is 19.1 Å². The van der Waals surface area contributed by atoms with Crippen LogP contribution in [0.1, 0.15) is 0 Å². The first-order chi connectivity index (χ1) is 27.5. The second-order valence-corrected chi connectivity index (χ2v) is 12.6. The second-order valence-electron chi connectivity index (χ2n) is 12.6. The Balaban J connectivity index is 1.13. The fraction of sp³-hybridized carbons (Fsp3) is 0.125. The van der Waals surface area contributed by atoms with Crippen molar-refractivity contribution in [2.24, 2.45) is 0 Å². The van der Waals surface area contributed by atoms with Crippen LogP contribution in [-0.4, -0.2) is 50.6 Å². The first kappa shape index (κ1) is 38.7. The Morgan fingerprint density at radius 3 is 1.20 bits per heavy atom. The molecular formula is C48H42O8. The summed E-state index contributed by atoms with van der Waals surface area (Å²) in [7, 11) is 0. The topological polar surface area (TPSA) is 89.5 Å². The van der Waals surface area contributed by atoms with E-state index in [0.29, 0.717) is 23.0 Å². The molecule has 0 saturated heterocycles. The summed E-state index contributed by atoms with van der Waals surface area (Å²) in [4.78, 5) is 24.6. The third-order valence-corrected chi connectivity index (χ3v) is 8.57. The number of carbonyl (C=O) groups is 2. The van der Waals surface area contributed by atoms with Crippen LogP contribution in [0.3, 0.4) is 0 Å². The molecule has 282 valence electrons. The Morgan fingerprint density at radius 2 is 0.786 bits per heavy atom. The number of hydrogen-bond donors (Lipinski definition) is 0. The van der Waals surface area contributed by atoms with Crippen molar-refractivity contribution in [3.8, 4) is 56.4 Å². The maximum absolute atomic E-state index is 12.3. The Morgan fingerprint density at radius 1 is 0.429 bits per heavy atom. The number of esters is 2. The van der Waals surface area contributed by atoms with Gasteiger partial charge in [-0.2, -0.15) is 0 Å². The lowest BCUT2D eigenvalue weighted by Gasteiger charge is -2.21. The van der Waals surface area contributed by atoms with Crippen LogP contribution in [0.2, 0.25) is 0 Å². The first-order valence-corrected chi connectivity index (χ1v) is 18.2. The zero-order valence-electron chi connectivity index (χ0n) is 30.8. The molecule has 0 spiro atoms. The van der Waals surface area contributed by atoms with Gasteiger partial charge in [0.25, 0.3) is 0 Å². The van der Waals surface area contributed by atoms with Crippen molar-refractivity contribution in [2.75, 3.05) is 26.4 Å². The van der Waals surface area contributed by atoms with Crippen LogP contribution in [0.25, 0.3) is 33.4 Å². The maximum Gasteiger partial charge on any atom is 0.330 e. The van der Waals surface area contributed by atoms with E-state index in [4.69, 9.17) is 28.4 Å². The van der Waals surface area contributed by atoms with Crippen molar-refractivity contribution in [1.82, 2.24) is 0 Å². The monoisotopic (exact) mass is 746 g/mol. The normalized spacial score (nSPS) is 11.6. The first-order valence-electron chi connectivity index (χ1n) is 18.2. The predicted octanol–water partition coefficient (Wildman–Crippen LogP) is 9.80. The molecule has 2 atom stereocenters. The highest BCUT2D eigenvalue weighted by Crippen LogP contribution is 2.37. The van der Waals surface area contributed by atoms with E-state index < -0.39 is 24.1 Å².